The van der Waals surface area contributed by atoms with E-state index in [4.69, 9.17) is 25.8 Å². The van der Waals surface area contributed by atoms with Gasteiger partial charge in [0, 0.05) is 12.3 Å². The number of aromatic nitrogens is 1. The standard InChI is InChI=1S/C18H17ClN2O5/c1-24-14-6-3-12(9-15(14)25-2)4-8-18(23)26-11-17(22)21-16-7-5-13(19)10-20-16/h3-10H,11H2,1-2H3,(H,20,21,22)/b8-4+. The zero-order valence-electron chi connectivity index (χ0n) is 14.2. The van der Waals surface area contributed by atoms with Gasteiger partial charge in [0.1, 0.15) is 5.82 Å². The van der Waals surface area contributed by atoms with Gasteiger partial charge in [-0.1, -0.05) is 17.7 Å². The molecule has 136 valence electrons. The summed E-state index contributed by atoms with van der Waals surface area (Å²) in [5.41, 5.74) is 0.717. The Kier molecular flexibility index (Phi) is 6.99. The second-order valence-electron chi connectivity index (χ2n) is 4.97. The lowest BCUT2D eigenvalue weighted by molar-refractivity contribution is -0.142. The number of methoxy groups -OCH3 is 2. The Labute approximate surface area is 155 Å². The molecule has 1 amide bonds. The van der Waals surface area contributed by atoms with Gasteiger partial charge in [0.15, 0.2) is 18.1 Å². The van der Waals surface area contributed by atoms with Crippen LogP contribution in [0.25, 0.3) is 6.08 Å². The van der Waals surface area contributed by atoms with Crippen molar-refractivity contribution in [3.05, 3.63) is 53.2 Å². The van der Waals surface area contributed by atoms with Crippen molar-refractivity contribution < 1.29 is 23.8 Å². The molecule has 2 rings (SSSR count). The van der Waals surface area contributed by atoms with Gasteiger partial charge in [-0.05, 0) is 35.9 Å². The maximum atomic E-state index is 11.7. The van der Waals surface area contributed by atoms with Crippen LogP contribution in [-0.2, 0) is 14.3 Å². The van der Waals surface area contributed by atoms with Crippen LogP contribution in [0.5, 0.6) is 11.5 Å². The number of carbonyl (C=O) groups is 2. The Morgan fingerprint density at radius 3 is 2.58 bits per heavy atom. The van der Waals surface area contributed by atoms with E-state index in [0.717, 1.165) is 5.56 Å². The molecule has 0 unspecified atom stereocenters. The smallest absolute Gasteiger partial charge is 0.331 e. The summed E-state index contributed by atoms with van der Waals surface area (Å²) in [4.78, 5) is 27.3. The number of hydrogen-bond donors (Lipinski definition) is 1. The summed E-state index contributed by atoms with van der Waals surface area (Å²) in [6.45, 7) is -0.431. The molecular weight excluding hydrogens is 360 g/mol. The van der Waals surface area contributed by atoms with E-state index in [1.54, 1.807) is 36.4 Å². The van der Waals surface area contributed by atoms with E-state index < -0.39 is 18.5 Å². The topological polar surface area (TPSA) is 86.8 Å². The summed E-state index contributed by atoms with van der Waals surface area (Å²) >= 11 is 5.71. The van der Waals surface area contributed by atoms with Crippen LogP contribution in [0.4, 0.5) is 5.82 Å². The van der Waals surface area contributed by atoms with Gasteiger partial charge >= 0.3 is 5.97 Å². The van der Waals surface area contributed by atoms with E-state index in [1.165, 1.54) is 26.5 Å². The van der Waals surface area contributed by atoms with Gasteiger partial charge in [0.25, 0.3) is 5.91 Å². The van der Waals surface area contributed by atoms with Crippen molar-refractivity contribution >= 4 is 35.4 Å². The van der Waals surface area contributed by atoms with Crippen LogP contribution in [0.3, 0.4) is 0 Å². The molecule has 0 bridgehead atoms. The maximum absolute atomic E-state index is 11.7. The van der Waals surface area contributed by atoms with Gasteiger partial charge in [0.2, 0.25) is 0 Å². The van der Waals surface area contributed by atoms with E-state index >= 15 is 0 Å². The van der Waals surface area contributed by atoms with Crippen molar-refractivity contribution in [1.29, 1.82) is 0 Å². The van der Waals surface area contributed by atoms with E-state index in [9.17, 15) is 9.59 Å². The fourth-order valence-corrected chi connectivity index (χ4v) is 2.05. The molecule has 0 aliphatic heterocycles. The number of ether oxygens (including phenoxy) is 3. The number of nitrogens with zero attached hydrogens (tertiary/aromatic N) is 1. The molecule has 0 spiro atoms. The van der Waals surface area contributed by atoms with Gasteiger partial charge in [-0.3, -0.25) is 4.79 Å². The molecule has 1 heterocycles. The molecule has 0 radical (unpaired) electrons. The summed E-state index contributed by atoms with van der Waals surface area (Å²) in [5.74, 6) is 0.278. The Hall–Kier alpha value is -3.06. The third-order valence-corrected chi connectivity index (χ3v) is 3.38. The minimum Gasteiger partial charge on any atom is -0.493 e. The van der Waals surface area contributed by atoms with Crippen molar-refractivity contribution in [2.45, 2.75) is 0 Å². The van der Waals surface area contributed by atoms with Crippen molar-refractivity contribution in [1.82, 2.24) is 4.98 Å². The second kappa shape index (κ2) is 9.43. The summed E-state index contributed by atoms with van der Waals surface area (Å²) in [7, 11) is 3.06. The van der Waals surface area contributed by atoms with Gasteiger partial charge in [-0.2, -0.15) is 0 Å². The van der Waals surface area contributed by atoms with Crippen LogP contribution in [0.1, 0.15) is 5.56 Å². The highest BCUT2D eigenvalue weighted by Gasteiger charge is 2.07. The second-order valence-corrected chi connectivity index (χ2v) is 5.40. The fraction of sp³-hybridized carbons (Fsp3) is 0.167. The van der Waals surface area contributed by atoms with Crippen molar-refractivity contribution in [3.8, 4) is 11.5 Å². The van der Waals surface area contributed by atoms with Crippen molar-refractivity contribution in [2.24, 2.45) is 0 Å². The number of carbonyl (C=O) groups excluding carboxylic acids is 2. The monoisotopic (exact) mass is 376 g/mol. The van der Waals surface area contributed by atoms with Gasteiger partial charge in [-0.25, -0.2) is 9.78 Å². The lowest BCUT2D eigenvalue weighted by Crippen LogP contribution is -2.20. The number of pyridine rings is 1. The summed E-state index contributed by atoms with van der Waals surface area (Å²) < 4.78 is 15.2. The lowest BCUT2D eigenvalue weighted by Gasteiger charge is -2.07. The predicted octanol–water partition coefficient (Wildman–Crippen LogP) is 2.95. The van der Waals surface area contributed by atoms with Gasteiger partial charge in [0.05, 0.1) is 19.2 Å². The van der Waals surface area contributed by atoms with Crippen LogP contribution in [0.2, 0.25) is 5.02 Å². The lowest BCUT2D eigenvalue weighted by atomic mass is 10.2. The molecule has 7 nitrogen and oxygen atoms in total. The largest absolute Gasteiger partial charge is 0.493 e. The first-order chi connectivity index (χ1) is 12.5. The molecule has 2 aromatic rings. The van der Waals surface area contributed by atoms with Gasteiger partial charge < -0.3 is 19.5 Å². The highest BCUT2D eigenvalue weighted by Crippen LogP contribution is 2.27. The molecule has 8 heteroatoms. The van der Waals surface area contributed by atoms with Crippen LogP contribution in [0, 0.1) is 0 Å². The van der Waals surface area contributed by atoms with Gasteiger partial charge in [-0.15, -0.1) is 0 Å². The number of hydrogen-bond acceptors (Lipinski definition) is 6. The van der Waals surface area contributed by atoms with E-state index in [1.807, 2.05) is 0 Å². The Bertz CT molecular complexity index is 806. The van der Waals surface area contributed by atoms with Crippen molar-refractivity contribution in [3.63, 3.8) is 0 Å². The van der Waals surface area contributed by atoms with E-state index in [-0.39, 0.29) is 0 Å². The molecule has 0 aliphatic carbocycles. The Morgan fingerprint density at radius 1 is 1.15 bits per heavy atom. The first kappa shape index (κ1) is 19.3. The first-order valence-corrected chi connectivity index (χ1v) is 7.88. The molecule has 0 fully saturated rings. The molecular formula is C18H17ClN2O5. The quantitative estimate of drug-likeness (QED) is 0.590. The molecule has 1 aromatic heterocycles. The normalized spacial score (nSPS) is 10.4. The molecule has 0 atom stereocenters. The molecule has 1 N–H and O–H groups in total. The minimum atomic E-state index is -0.654. The van der Waals surface area contributed by atoms with Crippen molar-refractivity contribution in [2.75, 3.05) is 26.1 Å². The average Bonchev–Trinajstić information content (AvgIpc) is 2.66. The fourth-order valence-electron chi connectivity index (χ4n) is 1.93. The highest BCUT2D eigenvalue weighted by molar-refractivity contribution is 6.30. The number of rotatable bonds is 7. The first-order valence-electron chi connectivity index (χ1n) is 7.50. The average molecular weight is 377 g/mol. The molecule has 0 saturated carbocycles. The SMILES string of the molecule is COc1ccc(/C=C/C(=O)OCC(=O)Nc2ccc(Cl)cn2)cc1OC. The zero-order chi connectivity index (χ0) is 18.9. The number of halogens is 1. The molecule has 26 heavy (non-hydrogen) atoms. The number of esters is 1. The third kappa shape index (κ3) is 5.78. The minimum absolute atomic E-state index is 0.316. The van der Waals surface area contributed by atoms with Crippen LogP contribution < -0.4 is 14.8 Å². The number of nitrogens with one attached hydrogen (secondary N) is 1. The highest BCUT2D eigenvalue weighted by atomic mass is 35.5. The molecule has 0 saturated heterocycles. The molecule has 0 aliphatic rings. The Morgan fingerprint density at radius 2 is 1.92 bits per heavy atom. The van der Waals surface area contributed by atoms with Crippen LogP contribution in [0.15, 0.2) is 42.6 Å². The zero-order valence-corrected chi connectivity index (χ0v) is 14.9. The number of amides is 1. The number of benzene rings is 1. The number of anilines is 1. The van der Waals surface area contributed by atoms with E-state index in [2.05, 4.69) is 10.3 Å². The predicted molar refractivity (Wildman–Crippen MR) is 97.4 cm³/mol. The summed E-state index contributed by atoms with van der Waals surface area (Å²) in [5, 5.41) is 2.94. The van der Waals surface area contributed by atoms with Crippen LogP contribution >= 0.6 is 11.6 Å². The summed E-state index contributed by atoms with van der Waals surface area (Å²) in [6, 6.07) is 8.31. The van der Waals surface area contributed by atoms with E-state index in [0.29, 0.717) is 22.3 Å². The van der Waals surface area contributed by atoms with Crippen LogP contribution in [-0.4, -0.2) is 37.7 Å². The summed E-state index contributed by atoms with van der Waals surface area (Å²) in [6.07, 6.45) is 4.16. The Balaban J connectivity index is 1.85. The molecule has 1 aromatic carbocycles. The third-order valence-electron chi connectivity index (χ3n) is 3.16. The maximum Gasteiger partial charge on any atom is 0.331 e.